The summed E-state index contributed by atoms with van der Waals surface area (Å²) >= 11 is 0. The van der Waals surface area contributed by atoms with Crippen molar-refractivity contribution in [2.45, 2.75) is 31.8 Å². The van der Waals surface area contributed by atoms with Crippen molar-refractivity contribution in [1.29, 1.82) is 0 Å². The normalized spacial score (nSPS) is 22.2. The number of carboxylic acids is 1. The van der Waals surface area contributed by atoms with Crippen LogP contribution in [0.1, 0.15) is 19.8 Å². The van der Waals surface area contributed by atoms with E-state index in [1.165, 1.54) is 18.9 Å². The van der Waals surface area contributed by atoms with Crippen molar-refractivity contribution >= 4 is 12.0 Å². The molecule has 0 spiro atoms. The average molecular weight is 230 g/mol. The van der Waals surface area contributed by atoms with Gasteiger partial charge in [-0.2, -0.15) is 0 Å². The van der Waals surface area contributed by atoms with Gasteiger partial charge in [-0.25, -0.2) is 9.59 Å². The molecule has 1 rings (SSSR count). The summed E-state index contributed by atoms with van der Waals surface area (Å²) in [4.78, 5) is 23.5. The highest BCUT2D eigenvalue weighted by Gasteiger charge is 2.24. The molecule has 2 amide bonds. The molecular formula is C10H18N2O4. The highest BCUT2D eigenvalue weighted by atomic mass is 16.5. The molecule has 1 saturated heterocycles. The molecule has 6 heteroatoms. The van der Waals surface area contributed by atoms with Crippen LogP contribution < -0.4 is 5.32 Å². The number of rotatable bonds is 3. The van der Waals surface area contributed by atoms with Crippen molar-refractivity contribution in [3.8, 4) is 0 Å². The lowest BCUT2D eigenvalue weighted by Gasteiger charge is -2.27. The number of carbonyl (C=O) groups is 2. The van der Waals surface area contributed by atoms with Crippen LogP contribution in [0.3, 0.4) is 0 Å². The van der Waals surface area contributed by atoms with Gasteiger partial charge in [0.25, 0.3) is 0 Å². The molecule has 0 saturated carbocycles. The first-order valence-electron chi connectivity index (χ1n) is 5.36. The van der Waals surface area contributed by atoms with Crippen LogP contribution in [0.4, 0.5) is 4.79 Å². The molecule has 0 aromatic heterocycles. The van der Waals surface area contributed by atoms with E-state index < -0.39 is 12.0 Å². The summed E-state index contributed by atoms with van der Waals surface area (Å²) in [5.41, 5.74) is 0. The van der Waals surface area contributed by atoms with Crippen LogP contribution in [0.2, 0.25) is 0 Å². The van der Waals surface area contributed by atoms with E-state index in [2.05, 4.69) is 5.32 Å². The van der Waals surface area contributed by atoms with E-state index in [9.17, 15) is 9.59 Å². The van der Waals surface area contributed by atoms with Gasteiger partial charge in [-0.3, -0.25) is 0 Å². The summed E-state index contributed by atoms with van der Waals surface area (Å²) in [6.07, 6.45) is 1.80. The van der Waals surface area contributed by atoms with Crippen molar-refractivity contribution in [3.63, 3.8) is 0 Å². The maximum absolute atomic E-state index is 11.7. The van der Waals surface area contributed by atoms with Gasteiger partial charge >= 0.3 is 12.0 Å². The molecule has 6 nitrogen and oxygen atoms in total. The number of amides is 2. The van der Waals surface area contributed by atoms with Gasteiger partial charge in [0.15, 0.2) is 0 Å². The van der Waals surface area contributed by atoms with Crippen molar-refractivity contribution in [2.24, 2.45) is 0 Å². The maximum Gasteiger partial charge on any atom is 0.326 e. The number of aliphatic carboxylic acids is 1. The van der Waals surface area contributed by atoms with Gasteiger partial charge < -0.3 is 20.1 Å². The molecule has 2 atom stereocenters. The second-order valence-corrected chi connectivity index (χ2v) is 3.99. The maximum atomic E-state index is 11.7. The molecule has 0 aromatic carbocycles. The molecule has 0 aliphatic carbocycles. The fraction of sp³-hybridized carbons (Fsp3) is 0.800. The SMILES string of the molecule is CC(C(=O)O)N(C)C(=O)NC1CCCOC1. The molecule has 1 heterocycles. The van der Waals surface area contributed by atoms with E-state index in [1.54, 1.807) is 0 Å². The lowest BCUT2D eigenvalue weighted by atomic mass is 10.1. The van der Waals surface area contributed by atoms with Crippen molar-refractivity contribution in [1.82, 2.24) is 10.2 Å². The van der Waals surface area contributed by atoms with E-state index >= 15 is 0 Å². The Kier molecular flexibility index (Phi) is 4.54. The summed E-state index contributed by atoms with van der Waals surface area (Å²) in [7, 11) is 1.47. The average Bonchev–Trinajstić information content (AvgIpc) is 2.28. The lowest BCUT2D eigenvalue weighted by molar-refractivity contribution is -0.141. The largest absolute Gasteiger partial charge is 0.480 e. The van der Waals surface area contributed by atoms with Gasteiger partial charge in [0, 0.05) is 13.7 Å². The smallest absolute Gasteiger partial charge is 0.326 e. The first-order valence-corrected chi connectivity index (χ1v) is 5.36. The first kappa shape index (κ1) is 12.8. The van der Waals surface area contributed by atoms with Gasteiger partial charge in [-0.05, 0) is 19.8 Å². The van der Waals surface area contributed by atoms with Gasteiger partial charge in [0.2, 0.25) is 0 Å². The molecule has 0 radical (unpaired) electrons. The predicted octanol–water partition coefficient (Wildman–Crippen LogP) is 0.280. The molecule has 92 valence electrons. The number of hydrogen-bond acceptors (Lipinski definition) is 3. The second-order valence-electron chi connectivity index (χ2n) is 3.99. The Hall–Kier alpha value is -1.30. The Labute approximate surface area is 94.6 Å². The molecule has 1 aliphatic heterocycles. The number of carbonyl (C=O) groups excluding carboxylic acids is 1. The van der Waals surface area contributed by atoms with Gasteiger partial charge in [-0.15, -0.1) is 0 Å². The number of hydrogen-bond donors (Lipinski definition) is 2. The number of carboxylic acid groups (broad SMARTS) is 1. The lowest BCUT2D eigenvalue weighted by Crippen LogP contribution is -2.50. The Morgan fingerprint density at radius 1 is 1.56 bits per heavy atom. The molecule has 1 fully saturated rings. The van der Waals surface area contributed by atoms with Crippen LogP contribution in [-0.4, -0.2) is 54.4 Å². The first-order chi connectivity index (χ1) is 7.52. The van der Waals surface area contributed by atoms with Crippen LogP contribution in [0.5, 0.6) is 0 Å². The van der Waals surface area contributed by atoms with E-state index in [0.29, 0.717) is 6.61 Å². The highest BCUT2D eigenvalue weighted by molar-refractivity contribution is 5.82. The van der Waals surface area contributed by atoms with Crippen LogP contribution >= 0.6 is 0 Å². The van der Waals surface area contributed by atoms with Crippen molar-refractivity contribution in [2.75, 3.05) is 20.3 Å². The molecule has 0 aromatic rings. The Balaban J connectivity index is 2.41. The van der Waals surface area contributed by atoms with Crippen molar-refractivity contribution in [3.05, 3.63) is 0 Å². The van der Waals surface area contributed by atoms with Gasteiger partial charge in [0.05, 0.1) is 12.6 Å². The fourth-order valence-electron chi connectivity index (χ4n) is 1.47. The van der Waals surface area contributed by atoms with Crippen molar-refractivity contribution < 1.29 is 19.4 Å². The summed E-state index contributed by atoms with van der Waals surface area (Å²) in [5, 5.41) is 11.5. The molecule has 2 unspecified atom stereocenters. The molecule has 16 heavy (non-hydrogen) atoms. The Morgan fingerprint density at radius 2 is 2.25 bits per heavy atom. The predicted molar refractivity (Wildman–Crippen MR) is 57.2 cm³/mol. The molecule has 1 aliphatic rings. The standard InChI is InChI=1S/C10H18N2O4/c1-7(9(13)14)12(2)10(15)11-8-4-3-5-16-6-8/h7-8H,3-6H2,1-2H3,(H,11,15)(H,13,14). The highest BCUT2D eigenvalue weighted by Crippen LogP contribution is 2.06. The van der Waals surface area contributed by atoms with Crippen LogP contribution in [-0.2, 0) is 9.53 Å². The van der Waals surface area contributed by atoms with Crippen LogP contribution in [0.15, 0.2) is 0 Å². The second kappa shape index (κ2) is 5.69. The summed E-state index contributed by atoms with van der Waals surface area (Å²) in [6.45, 7) is 2.70. The number of ether oxygens (including phenoxy) is 1. The van der Waals surface area contributed by atoms with Crippen LogP contribution in [0.25, 0.3) is 0 Å². The number of likely N-dealkylation sites (N-methyl/N-ethyl adjacent to an activating group) is 1. The number of urea groups is 1. The summed E-state index contributed by atoms with van der Waals surface area (Å²) in [6, 6.07) is -1.21. The zero-order valence-electron chi connectivity index (χ0n) is 9.60. The zero-order valence-corrected chi connectivity index (χ0v) is 9.60. The fourth-order valence-corrected chi connectivity index (χ4v) is 1.47. The molecule has 2 N–H and O–H groups in total. The third kappa shape index (κ3) is 3.37. The van der Waals surface area contributed by atoms with E-state index in [0.717, 1.165) is 19.4 Å². The van der Waals surface area contributed by atoms with Gasteiger partial charge in [0.1, 0.15) is 6.04 Å². The van der Waals surface area contributed by atoms with Gasteiger partial charge in [-0.1, -0.05) is 0 Å². The number of nitrogens with one attached hydrogen (secondary N) is 1. The monoisotopic (exact) mass is 230 g/mol. The minimum absolute atomic E-state index is 0.00954. The minimum Gasteiger partial charge on any atom is -0.480 e. The van der Waals surface area contributed by atoms with E-state index in [4.69, 9.17) is 9.84 Å². The minimum atomic E-state index is -1.02. The Morgan fingerprint density at radius 3 is 2.75 bits per heavy atom. The van der Waals surface area contributed by atoms with E-state index in [1.807, 2.05) is 0 Å². The topological polar surface area (TPSA) is 78.9 Å². The third-order valence-electron chi connectivity index (χ3n) is 2.75. The number of nitrogens with zero attached hydrogens (tertiary/aromatic N) is 1. The van der Waals surface area contributed by atoms with Crippen LogP contribution in [0, 0.1) is 0 Å². The molecular weight excluding hydrogens is 212 g/mol. The third-order valence-corrected chi connectivity index (χ3v) is 2.75. The van der Waals surface area contributed by atoms with E-state index in [-0.39, 0.29) is 12.1 Å². The Bertz CT molecular complexity index is 264. The quantitative estimate of drug-likeness (QED) is 0.730. The summed E-state index contributed by atoms with van der Waals surface area (Å²) in [5.74, 6) is -1.02. The zero-order chi connectivity index (χ0) is 12.1. The summed E-state index contributed by atoms with van der Waals surface area (Å²) < 4.78 is 5.22. The molecule has 0 bridgehead atoms.